The lowest BCUT2D eigenvalue weighted by Crippen LogP contribution is -2.54. The van der Waals surface area contributed by atoms with Gasteiger partial charge in [0.25, 0.3) is 0 Å². The molecule has 18 heavy (non-hydrogen) atoms. The maximum atomic E-state index is 5.90. The van der Waals surface area contributed by atoms with Gasteiger partial charge in [0.05, 0.1) is 6.17 Å². The van der Waals surface area contributed by atoms with Crippen LogP contribution in [0.25, 0.3) is 0 Å². The van der Waals surface area contributed by atoms with E-state index in [9.17, 15) is 0 Å². The molecule has 2 aliphatic rings. The fraction of sp³-hybridized carbons (Fsp3) is 1.00. The standard InChI is InChI=1S/2C7H16N2/c1-7(9)5-3-2-4-6(7)8;8-7(9)6-4-2-1-3-5-6/h6H,2-5,8-9H2,1H3;6-7H,1-5,8-9H2. The second-order valence-corrected chi connectivity index (χ2v) is 6.33. The smallest absolute Gasteiger partial charge is 0.0549 e. The third kappa shape index (κ3) is 5.22. The first-order chi connectivity index (χ1) is 8.43. The summed E-state index contributed by atoms with van der Waals surface area (Å²) in [4.78, 5) is 0. The van der Waals surface area contributed by atoms with E-state index in [0.29, 0.717) is 5.92 Å². The Morgan fingerprint density at radius 3 is 1.83 bits per heavy atom. The lowest BCUT2D eigenvalue weighted by atomic mass is 9.80. The van der Waals surface area contributed by atoms with Crippen LogP contribution < -0.4 is 22.9 Å². The molecule has 4 nitrogen and oxygen atoms in total. The molecule has 2 rings (SSSR count). The summed E-state index contributed by atoms with van der Waals surface area (Å²) in [6, 6.07) is 0.228. The molecular formula is C14H32N4. The van der Waals surface area contributed by atoms with Crippen LogP contribution in [0, 0.1) is 5.92 Å². The van der Waals surface area contributed by atoms with Crippen molar-refractivity contribution in [3.05, 3.63) is 0 Å². The first-order valence-electron chi connectivity index (χ1n) is 7.49. The van der Waals surface area contributed by atoms with Crippen LogP contribution in [0.1, 0.15) is 64.7 Å². The minimum atomic E-state index is -0.0851. The van der Waals surface area contributed by atoms with E-state index in [-0.39, 0.29) is 17.7 Å². The first kappa shape index (κ1) is 15.9. The highest BCUT2D eigenvalue weighted by molar-refractivity contribution is 4.92. The molecule has 108 valence electrons. The molecule has 0 aromatic carbocycles. The van der Waals surface area contributed by atoms with E-state index in [1.165, 1.54) is 44.9 Å². The SMILES string of the molecule is CC1(N)CCCCC1N.NC(N)C1CCCCC1. The van der Waals surface area contributed by atoms with Crippen LogP contribution in [-0.2, 0) is 0 Å². The number of nitrogens with two attached hydrogens (primary N) is 4. The zero-order valence-electron chi connectivity index (χ0n) is 11.9. The normalized spacial score (nSPS) is 34.0. The Kier molecular flexibility index (Phi) is 6.57. The van der Waals surface area contributed by atoms with Crippen molar-refractivity contribution in [3.8, 4) is 0 Å². The fourth-order valence-corrected chi connectivity index (χ4v) is 2.90. The van der Waals surface area contributed by atoms with Crippen molar-refractivity contribution in [2.45, 2.75) is 82.5 Å². The van der Waals surface area contributed by atoms with Gasteiger partial charge in [0.1, 0.15) is 0 Å². The maximum absolute atomic E-state index is 5.90. The third-order valence-electron chi connectivity index (χ3n) is 4.52. The predicted octanol–water partition coefficient (Wildman–Crippen LogP) is 1.42. The van der Waals surface area contributed by atoms with Crippen LogP contribution >= 0.6 is 0 Å². The zero-order chi connectivity index (χ0) is 13.6. The Labute approximate surface area is 112 Å². The molecule has 0 spiro atoms. The summed E-state index contributed by atoms with van der Waals surface area (Å²) in [6.45, 7) is 2.05. The predicted molar refractivity (Wildman–Crippen MR) is 77.8 cm³/mol. The summed E-state index contributed by atoms with van der Waals surface area (Å²) < 4.78 is 0. The van der Waals surface area contributed by atoms with Crippen LogP contribution in [0.4, 0.5) is 0 Å². The van der Waals surface area contributed by atoms with Crippen LogP contribution in [0.2, 0.25) is 0 Å². The minimum absolute atomic E-state index is 0.0645. The van der Waals surface area contributed by atoms with Gasteiger partial charge in [-0.1, -0.05) is 32.1 Å². The Morgan fingerprint density at radius 2 is 1.50 bits per heavy atom. The maximum Gasteiger partial charge on any atom is 0.0549 e. The molecule has 4 heteroatoms. The molecule has 0 bridgehead atoms. The van der Waals surface area contributed by atoms with Crippen molar-refractivity contribution in [2.24, 2.45) is 28.9 Å². The molecule has 0 saturated heterocycles. The average molecular weight is 256 g/mol. The fourth-order valence-electron chi connectivity index (χ4n) is 2.90. The Morgan fingerprint density at radius 1 is 0.944 bits per heavy atom. The molecule has 0 aromatic rings. The highest BCUT2D eigenvalue weighted by atomic mass is 14.9. The van der Waals surface area contributed by atoms with Crippen LogP contribution in [0.15, 0.2) is 0 Å². The van der Waals surface area contributed by atoms with Gasteiger partial charge in [-0.15, -0.1) is 0 Å². The average Bonchev–Trinajstić information content (AvgIpc) is 2.35. The topological polar surface area (TPSA) is 104 Å². The molecule has 0 aliphatic heterocycles. The molecule has 0 aromatic heterocycles. The molecule has 8 N–H and O–H groups in total. The molecule has 2 unspecified atom stereocenters. The lowest BCUT2D eigenvalue weighted by molar-refractivity contribution is 0.276. The van der Waals surface area contributed by atoms with Gasteiger partial charge < -0.3 is 22.9 Å². The summed E-state index contributed by atoms with van der Waals surface area (Å²) in [7, 11) is 0. The van der Waals surface area contributed by atoms with Crippen molar-refractivity contribution in [2.75, 3.05) is 0 Å². The Bertz CT molecular complexity index is 219. The van der Waals surface area contributed by atoms with Crippen LogP contribution in [0.3, 0.4) is 0 Å². The molecular weight excluding hydrogens is 224 g/mol. The van der Waals surface area contributed by atoms with Crippen LogP contribution in [-0.4, -0.2) is 17.7 Å². The van der Waals surface area contributed by atoms with Gasteiger partial charge in [-0.25, -0.2) is 0 Å². The largest absolute Gasteiger partial charge is 0.326 e. The van der Waals surface area contributed by atoms with Crippen molar-refractivity contribution in [3.63, 3.8) is 0 Å². The van der Waals surface area contributed by atoms with Gasteiger partial charge in [0.2, 0.25) is 0 Å². The van der Waals surface area contributed by atoms with Gasteiger partial charge in [-0.3, -0.25) is 0 Å². The number of rotatable bonds is 1. The summed E-state index contributed by atoms with van der Waals surface area (Å²) >= 11 is 0. The molecule has 0 radical (unpaired) electrons. The van der Waals surface area contributed by atoms with Gasteiger partial charge in [-0.2, -0.15) is 0 Å². The highest BCUT2D eigenvalue weighted by Gasteiger charge is 2.29. The van der Waals surface area contributed by atoms with Gasteiger partial charge in [-0.05, 0) is 38.5 Å². The first-order valence-corrected chi connectivity index (χ1v) is 7.49. The second-order valence-electron chi connectivity index (χ2n) is 6.33. The van der Waals surface area contributed by atoms with Crippen molar-refractivity contribution in [1.82, 2.24) is 0 Å². The molecule has 2 atom stereocenters. The van der Waals surface area contributed by atoms with E-state index in [1.54, 1.807) is 0 Å². The van der Waals surface area contributed by atoms with E-state index in [4.69, 9.17) is 22.9 Å². The lowest BCUT2D eigenvalue weighted by Gasteiger charge is -2.35. The Hall–Kier alpha value is -0.160. The summed E-state index contributed by atoms with van der Waals surface area (Å²) in [5.74, 6) is 0.610. The van der Waals surface area contributed by atoms with Crippen molar-refractivity contribution < 1.29 is 0 Å². The third-order valence-corrected chi connectivity index (χ3v) is 4.52. The Balaban J connectivity index is 0.000000180. The quantitative estimate of drug-likeness (QED) is 0.532. The van der Waals surface area contributed by atoms with E-state index >= 15 is 0 Å². The number of hydrogen-bond acceptors (Lipinski definition) is 4. The number of hydrogen-bond donors (Lipinski definition) is 4. The van der Waals surface area contributed by atoms with E-state index < -0.39 is 0 Å². The molecule has 2 saturated carbocycles. The molecule has 0 heterocycles. The van der Waals surface area contributed by atoms with Gasteiger partial charge >= 0.3 is 0 Å². The zero-order valence-corrected chi connectivity index (χ0v) is 11.9. The molecule has 2 fully saturated rings. The molecule has 2 aliphatic carbocycles. The van der Waals surface area contributed by atoms with E-state index in [2.05, 4.69) is 6.92 Å². The summed E-state index contributed by atoms with van der Waals surface area (Å²) in [5.41, 5.74) is 22.7. The van der Waals surface area contributed by atoms with Gasteiger partial charge in [0.15, 0.2) is 0 Å². The molecule has 0 amide bonds. The highest BCUT2D eigenvalue weighted by Crippen LogP contribution is 2.24. The monoisotopic (exact) mass is 256 g/mol. The second kappa shape index (κ2) is 7.43. The van der Waals surface area contributed by atoms with E-state index in [1.807, 2.05) is 0 Å². The van der Waals surface area contributed by atoms with Crippen LogP contribution in [0.5, 0.6) is 0 Å². The van der Waals surface area contributed by atoms with Crippen molar-refractivity contribution in [1.29, 1.82) is 0 Å². The summed E-state index contributed by atoms with van der Waals surface area (Å²) in [5, 5.41) is 0. The van der Waals surface area contributed by atoms with Gasteiger partial charge in [0, 0.05) is 11.6 Å². The van der Waals surface area contributed by atoms with Crippen molar-refractivity contribution >= 4 is 0 Å². The minimum Gasteiger partial charge on any atom is -0.326 e. The van der Waals surface area contributed by atoms with E-state index in [0.717, 1.165) is 12.8 Å². The summed E-state index contributed by atoms with van der Waals surface area (Å²) in [6.07, 6.45) is 11.2.